The molecule has 8 nitrogen and oxygen atoms in total. The van der Waals surface area contributed by atoms with E-state index in [9.17, 15) is 9.59 Å². The summed E-state index contributed by atoms with van der Waals surface area (Å²) in [5, 5.41) is 1.24. The van der Waals surface area contributed by atoms with Crippen LogP contribution in [0.1, 0.15) is 29.5 Å². The molecular weight excluding hydrogens is 470 g/mol. The molecule has 0 aliphatic heterocycles. The van der Waals surface area contributed by atoms with Crippen LogP contribution in [0.4, 0.5) is 0 Å². The third-order valence-electron chi connectivity index (χ3n) is 5.60. The summed E-state index contributed by atoms with van der Waals surface area (Å²) in [7, 11) is 0. The molecule has 4 N–H and O–H groups in total. The van der Waals surface area contributed by atoms with E-state index in [1.165, 1.54) is 5.06 Å². The molecule has 8 heteroatoms. The second-order valence-corrected chi connectivity index (χ2v) is 8.65. The van der Waals surface area contributed by atoms with Gasteiger partial charge in [0, 0.05) is 6.54 Å². The Kier molecular flexibility index (Phi) is 11.8. The molecule has 0 spiro atoms. The Morgan fingerprint density at radius 3 is 1.78 bits per heavy atom. The van der Waals surface area contributed by atoms with E-state index in [0.717, 1.165) is 16.7 Å². The Hall–Kier alpha value is -3.56. The Morgan fingerprint density at radius 2 is 1.22 bits per heavy atom. The standard InChI is InChI=1S/C29H35N3O5/c30-26(29(34)36-20-24-13-6-2-7-14-24)17-10-18-32(37-21-25-15-8-3-9-16-25)28(33)27(31)22-35-19-23-11-4-1-5-12-23/h1-9,11-16,26-27H,10,17-22,30-31H2/t26-,27-/m0/s1. The van der Waals surface area contributed by atoms with Crippen LogP contribution in [0.3, 0.4) is 0 Å². The number of rotatable bonds is 15. The van der Waals surface area contributed by atoms with E-state index in [0.29, 0.717) is 19.4 Å². The fourth-order valence-electron chi connectivity index (χ4n) is 3.51. The smallest absolute Gasteiger partial charge is 0.323 e. The topological polar surface area (TPSA) is 117 Å². The first-order valence-corrected chi connectivity index (χ1v) is 12.3. The summed E-state index contributed by atoms with van der Waals surface area (Å²) in [6.45, 7) is 0.986. The number of hydroxylamine groups is 2. The molecule has 3 aromatic carbocycles. The van der Waals surface area contributed by atoms with Gasteiger partial charge >= 0.3 is 5.97 Å². The molecule has 0 unspecified atom stereocenters. The predicted molar refractivity (Wildman–Crippen MR) is 140 cm³/mol. The van der Waals surface area contributed by atoms with Gasteiger partial charge in [0.15, 0.2) is 0 Å². The molecule has 196 valence electrons. The second-order valence-electron chi connectivity index (χ2n) is 8.65. The summed E-state index contributed by atoms with van der Waals surface area (Å²) in [6, 6.07) is 26.9. The number of carbonyl (C=O) groups is 2. The summed E-state index contributed by atoms with van der Waals surface area (Å²) < 4.78 is 11.0. The van der Waals surface area contributed by atoms with Crippen LogP contribution in [-0.4, -0.2) is 42.2 Å². The molecule has 1 amide bonds. The summed E-state index contributed by atoms with van der Waals surface area (Å²) >= 11 is 0. The highest BCUT2D eigenvalue weighted by molar-refractivity contribution is 5.80. The predicted octanol–water partition coefficient (Wildman–Crippen LogP) is 3.34. The van der Waals surface area contributed by atoms with Crippen molar-refractivity contribution in [3.63, 3.8) is 0 Å². The summed E-state index contributed by atoms with van der Waals surface area (Å²) in [6.07, 6.45) is 0.756. The van der Waals surface area contributed by atoms with Crippen molar-refractivity contribution < 1.29 is 23.9 Å². The number of nitrogens with zero attached hydrogens (tertiary/aromatic N) is 1. The van der Waals surface area contributed by atoms with Crippen molar-refractivity contribution in [1.29, 1.82) is 0 Å². The van der Waals surface area contributed by atoms with Crippen LogP contribution >= 0.6 is 0 Å². The van der Waals surface area contributed by atoms with Crippen molar-refractivity contribution in [3.05, 3.63) is 108 Å². The van der Waals surface area contributed by atoms with E-state index >= 15 is 0 Å². The zero-order chi connectivity index (χ0) is 26.3. The van der Waals surface area contributed by atoms with E-state index in [1.54, 1.807) is 0 Å². The number of carbonyl (C=O) groups excluding carboxylic acids is 2. The van der Waals surface area contributed by atoms with Gasteiger partial charge in [-0.2, -0.15) is 0 Å². The van der Waals surface area contributed by atoms with Crippen molar-refractivity contribution in [2.45, 2.75) is 44.7 Å². The van der Waals surface area contributed by atoms with Gasteiger partial charge < -0.3 is 20.9 Å². The molecule has 0 radical (unpaired) electrons. The monoisotopic (exact) mass is 505 g/mol. The number of nitrogens with two attached hydrogens (primary N) is 2. The molecule has 0 saturated heterocycles. The maximum atomic E-state index is 13.0. The maximum absolute atomic E-state index is 13.0. The summed E-state index contributed by atoms with van der Waals surface area (Å²) in [5.74, 6) is -0.887. The Labute approximate surface area is 218 Å². The fraction of sp³-hybridized carbons (Fsp3) is 0.310. The first-order chi connectivity index (χ1) is 18.0. The lowest BCUT2D eigenvalue weighted by Crippen LogP contribution is -2.46. The van der Waals surface area contributed by atoms with Crippen LogP contribution in [0.25, 0.3) is 0 Å². The maximum Gasteiger partial charge on any atom is 0.323 e. The van der Waals surface area contributed by atoms with Crippen LogP contribution in [0.5, 0.6) is 0 Å². The fourth-order valence-corrected chi connectivity index (χ4v) is 3.51. The zero-order valence-electron chi connectivity index (χ0n) is 20.9. The van der Waals surface area contributed by atoms with Gasteiger partial charge in [-0.25, -0.2) is 5.06 Å². The van der Waals surface area contributed by atoms with Crippen molar-refractivity contribution in [1.82, 2.24) is 5.06 Å². The SMILES string of the molecule is N[C@@H](CCCN(OCc1ccccc1)C(=O)[C@@H](N)COCc1ccccc1)C(=O)OCc1ccccc1. The van der Waals surface area contributed by atoms with E-state index in [4.69, 9.17) is 25.8 Å². The van der Waals surface area contributed by atoms with Gasteiger partial charge in [-0.1, -0.05) is 91.0 Å². The Bertz CT molecular complexity index is 1070. The van der Waals surface area contributed by atoms with Crippen molar-refractivity contribution in [3.8, 4) is 0 Å². The second kappa shape index (κ2) is 15.5. The van der Waals surface area contributed by atoms with Gasteiger partial charge in [-0.05, 0) is 29.5 Å². The first kappa shape index (κ1) is 28.0. The molecule has 0 bridgehead atoms. The van der Waals surface area contributed by atoms with E-state index in [2.05, 4.69) is 0 Å². The van der Waals surface area contributed by atoms with Crippen molar-refractivity contribution >= 4 is 11.9 Å². The quantitative estimate of drug-likeness (QED) is 0.240. The highest BCUT2D eigenvalue weighted by Gasteiger charge is 2.23. The molecule has 0 aliphatic rings. The highest BCUT2D eigenvalue weighted by atomic mass is 16.7. The average Bonchev–Trinajstić information content (AvgIpc) is 2.94. The van der Waals surface area contributed by atoms with Crippen LogP contribution in [0, 0.1) is 0 Å². The molecule has 3 rings (SSSR count). The normalized spacial score (nSPS) is 12.5. The molecule has 0 aromatic heterocycles. The van der Waals surface area contributed by atoms with Gasteiger partial charge in [-0.15, -0.1) is 0 Å². The van der Waals surface area contributed by atoms with Crippen LogP contribution in [-0.2, 0) is 43.7 Å². The first-order valence-electron chi connectivity index (χ1n) is 12.3. The third kappa shape index (κ3) is 10.1. The van der Waals surface area contributed by atoms with Crippen LogP contribution in [0.15, 0.2) is 91.0 Å². The highest BCUT2D eigenvalue weighted by Crippen LogP contribution is 2.09. The van der Waals surface area contributed by atoms with Gasteiger partial charge in [0.2, 0.25) is 0 Å². The number of hydrogen-bond acceptors (Lipinski definition) is 7. The molecule has 3 aromatic rings. The molecule has 0 saturated carbocycles. The number of ether oxygens (including phenoxy) is 2. The van der Waals surface area contributed by atoms with Crippen molar-refractivity contribution in [2.75, 3.05) is 13.2 Å². The number of hydrogen-bond donors (Lipinski definition) is 2. The number of benzene rings is 3. The van der Waals surface area contributed by atoms with Gasteiger partial charge in [0.05, 0.1) is 13.2 Å². The van der Waals surface area contributed by atoms with E-state index in [1.807, 2.05) is 91.0 Å². The lowest BCUT2D eigenvalue weighted by atomic mass is 10.1. The molecular formula is C29H35N3O5. The molecule has 0 aliphatic carbocycles. The Morgan fingerprint density at radius 1 is 0.703 bits per heavy atom. The lowest BCUT2D eigenvalue weighted by Gasteiger charge is -2.25. The lowest BCUT2D eigenvalue weighted by molar-refractivity contribution is -0.194. The van der Waals surface area contributed by atoms with Crippen LogP contribution in [0.2, 0.25) is 0 Å². The Balaban J connectivity index is 1.48. The number of esters is 1. The minimum atomic E-state index is -0.899. The van der Waals surface area contributed by atoms with Gasteiger partial charge in [-0.3, -0.25) is 14.4 Å². The van der Waals surface area contributed by atoms with E-state index < -0.39 is 24.0 Å². The third-order valence-corrected chi connectivity index (χ3v) is 5.60. The molecule has 2 atom stereocenters. The molecule has 37 heavy (non-hydrogen) atoms. The number of amides is 1. The summed E-state index contributed by atoms with van der Waals surface area (Å²) in [4.78, 5) is 31.1. The van der Waals surface area contributed by atoms with Crippen molar-refractivity contribution in [2.24, 2.45) is 11.5 Å². The van der Waals surface area contributed by atoms with Gasteiger partial charge in [0.1, 0.15) is 25.3 Å². The van der Waals surface area contributed by atoms with E-state index in [-0.39, 0.29) is 26.4 Å². The largest absolute Gasteiger partial charge is 0.460 e. The molecule has 0 fully saturated rings. The minimum absolute atomic E-state index is 0.0459. The summed E-state index contributed by atoms with van der Waals surface area (Å²) in [5.41, 5.74) is 14.9. The van der Waals surface area contributed by atoms with Crippen LogP contribution < -0.4 is 11.5 Å². The minimum Gasteiger partial charge on any atom is -0.460 e. The average molecular weight is 506 g/mol. The molecule has 0 heterocycles. The zero-order valence-corrected chi connectivity index (χ0v) is 20.9. The van der Waals surface area contributed by atoms with Gasteiger partial charge in [0.25, 0.3) is 5.91 Å².